The molecule has 0 atom stereocenters. The molecule has 1 fully saturated rings. The van der Waals surface area contributed by atoms with Gasteiger partial charge in [0.25, 0.3) is 0 Å². The van der Waals surface area contributed by atoms with Gasteiger partial charge in [-0.05, 0) is 17.7 Å². The monoisotopic (exact) mass is 344 g/mol. The summed E-state index contributed by atoms with van der Waals surface area (Å²) in [5.41, 5.74) is 0.894. The number of nitrogens with zero attached hydrogens (tertiary/aromatic N) is 2. The molecule has 0 aromatic heterocycles. The van der Waals surface area contributed by atoms with Crippen LogP contribution in [0.3, 0.4) is 0 Å². The average molecular weight is 345 g/mol. The van der Waals surface area contributed by atoms with Crippen molar-refractivity contribution in [2.75, 3.05) is 31.9 Å². The maximum Gasteiger partial charge on any atom is 0.232 e. The second-order valence-corrected chi connectivity index (χ2v) is 6.52. The molecule has 4 nitrogen and oxygen atoms in total. The van der Waals surface area contributed by atoms with Crippen LogP contribution in [0.5, 0.6) is 0 Å². The minimum Gasteiger partial charge on any atom is -0.339 e. The largest absolute Gasteiger partial charge is 0.339 e. The smallest absolute Gasteiger partial charge is 0.232 e. The maximum absolute atomic E-state index is 13.1. The van der Waals surface area contributed by atoms with Crippen LogP contribution in [0.2, 0.25) is 5.02 Å². The summed E-state index contributed by atoms with van der Waals surface area (Å²) in [6.07, 6.45) is 0. The van der Waals surface area contributed by atoms with E-state index in [1.807, 2.05) is 0 Å². The van der Waals surface area contributed by atoms with Crippen molar-refractivity contribution in [1.29, 1.82) is 0 Å². The van der Waals surface area contributed by atoms with E-state index in [4.69, 9.17) is 11.6 Å². The number of amides is 2. The summed E-state index contributed by atoms with van der Waals surface area (Å²) in [6, 6.07) is 4.59. The number of benzene rings is 1. The van der Waals surface area contributed by atoms with Gasteiger partial charge in [-0.15, -0.1) is 11.8 Å². The van der Waals surface area contributed by atoms with Crippen molar-refractivity contribution in [2.45, 2.75) is 12.7 Å². The summed E-state index contributed by atoms with van der Waals surface area (Å²) in [4.78, 5) is 26.9. The highest BCUT2D eigenvalue weighted by Gasteiger charge is 2.21. The number of hydrogen-bond acceptors (Lipinski definition) is 3. The third kappa shape index (κ3) is 4.61. The molecule has 1 heterocycles. The van der Waals surface area contributed by atoms with Gasteiger partial charge < -0.3 is 9.80 Å². The molecule has 2 amide bonds. The van der Waals surface area contributed by atoms with Crippen molar-refractivity contribution >= 4 is 35.2 Å². The lowest BCUT2D eigenvalue weighted by atomic mass is 10.2. The molecule has 7 heteroatoms. The number of hydrogen-bond donors (Lipinski definition) is 0. The van der Waals surface area contributed by atoms with Crippen LogP contribution < -0.4 is 0 Å². The number of thioether (sulfide) groups is 1. The molecule has 120 valence electrons. The summed E-state index contributed by atoms with van der Waals surface area (Å²) in [5.74, 6) is 0.666. The zero-order valence-corrected chi connectivity index (χ0v) is 13.9. The fourth-order valence-electron chi connectivity index (χ4n) is 2.25. The molecule has 0 aliphatic carbocycles. The average Bonchev–Trinajstić information content (AvgIpc) is 2.51. The fourth-order valence-corrected chi connectivity index (χ4v) is 3.33. The minimum absolute atomic E-state index is 0.0506. The Labute approximate surface area is 138 Å². The first-order valence-electron chi connectivity index (χ1n) is 7.02. The van der Waals surface area contributed by atoms with Gasteiger partial charge in [0.2, 0.25) is 11.8 Å². The Morgan fingerprint density at radius 3 is 2.45 bits per heavy atom. The Bertz CT molecular complexity index is 562. The van der Waals surface area contributed by atoms with Gasteiger partial charge in [-0.1, -0.05) is 17.7 Å². The summed E-state index contributed by atoms with van der Waals surface area (Å²) in [6.45, 7) is 3.91. The lowest BCUT2D eigenvalue weighted by molar-refractivity contribution is -0.136. The predicted octanol–water partition coefficient (Wildman–Crippen LogP) is 2.40. The van der Waals surface area contributed by atoms with E-state index in [9.17, 15) is 14.0 Å². The third-order valence-corrected chi connectivity index (χ3v) is 4.83. The Hall–Kier alpha value is -1.27. The molecule has 1 aromatic carbocycles. The molecule has 2 rings (SSSR count). The van der Waals surface area contributed by atoms with E-state index in [-0.39, 0.29) is 16.8 Å². The van der Waals surface area contributed by atoms with E-state index >= 15 is 0 Å². The van der Waals surface area contributed by atoms with Crippen molar-refractivity contribution in [2.24, 2.45) is 0 Å². The van der Waals surface area contributed by atoms with E-state index in [1.165, 1.54) is 17.8 Å². The molecule has 0 bridgehead atoms. The van der Waals surface area contributed by atoms with Gasteiger partial charge in [-0.2, -0.15) is 0 Å². The van der Waals surface area contributed by atoms with Gasteiger partial charge in [-0.25, -0.2) is 4.39 Å². The lowest BCUT2D eigenvalue weighted by Gasteiger charge is -2.34. The van der Waals surface area contributed by atoms with Gasteiger partial charge in [0.1, 0.15) is 5.82 Å². The zero-order valence-electron chi connectivity index (χ0n) is 12.3. The molecular formula is C15H18ClFN2O2S. The van der Waals surface area contributed by atoms with Gasteiger partial charge in [0.15, 0.2) is 0 Å². The number of carbonyl (C=O) groups is 2. The second-order valence-electron chi connectivity index (χ2n) is 5.13. The van der Waals surface area contributed by atoms with Crippen LogP contribution in [0.1, 0.15) is 12.5 Å². The van der Waals surface area contributed by atoms with Gasteiger partial charge >= 0.3 is 0 Å². The zero-order chi connectivity index (χ0) is 16.1. The summed E-state index contributed by atoms with van der Waals surface area (Å²) >= 11 is 7.20. The highest BCUT2D eigenvalue weighted by molar-refractivity contribution is 7.99. The SMILES string of the molecule is CC(=O)N1CCN(C(=O)CSCc2ccc(F)c(Cl)c2)CC1. The highest BCUT2D eigenvalue weighted by Crippen LogP contribution is 2.20. The first-order valence-corrected chi connectivity index (χ1v) is 8.55. The summed E-state index contributed by atoms with van der Waals surface area (Å²) in [5, 5.41) is 0.102. The van der Waals surface area contributed by atoms with E-state index in [0.717, 1.165) is 5.56 Å². The molecule has 0 saturated carbocycles. The number of rotatable bonds is 4. The predicted molar refractivity (Wildman–Crippen MR) is 86.4 cm³/mol. The van der Waals surface area contributed by atoms with Crippen LogP contribution in [0, 0.1) is 5.82 Å². The van der Waals surface area contributed by atoms with Crippen LogP contribution in [0.15, 0.2) is 18.2 Å². The van der Waals surface area contributed by atoms with E-state index in [0.29, 0.717) is 37.7 Å². The van der Waals surface area contributed by atoms with Crippen LogP contribution in [0.4, 0.5) is 4.39 Å². The highest BCUT2D eigenvalue weighted by atomic mass is 35.5. The van der Waals surface area contributed by atoms with E-state index in [2.05, 4.69) is 0 Å². The minimum atomic E-state index is -0.435. The Morgan fingerprint density at radius 1 is 1.23 bits per heavy atom. The first kappa shape index (κ1) is 17.1. The molecule has 0 spiro atoms. The number of piperazine rings is 1. The molecule has 0 N–H and O–H groups in total. The standard InChI is InChI=1S/C15H18ClFN2O2S/c1-11(20)18-4-6-19(7-5-18)15(21)10-22-9-12-2-3-14(17)13(16)8-12/h2-3,8H,4-7,9-10H2,1H3. The Morgan fingerprint density at radius 2 is 1.86 bits per heavy atom. The van der Waals surface area contributed by atoms with Crippen molar-refractivity contribution in [3.63, 3.8) is 0 Å². The van der Waals surface area contributed by atoms with Gasteiger partial charge in [0, 0.05) is 38.9 Å². The Kier molecular flexibility index (Phi) is 6.08. The van der Waals surface area contributed by atoms with E-state index < -0.39 is 5.82 Å². The molecule has 1 aliphatic rings. The van der Waals surface area contributed by atoms with E-state index in [1.54, 1.807) is 28.9 Å². The normalized spacial score (nSPS) is 15.0. The van der Waals surface area contributed by atoms with Crippen molar-refractivity contribution in [3.05, 3.63) is 34.6 Å². The number of halogens is 2. The molecule has 1 saturated heterocycles. The quantitative estimate of drug-likeness (QED) is 0.842. The topological polar surface area (TPSA) is 40.6 Å². The number of carbonyl (C=O) groups excluding carboxylic acids is 2. The van der Waals surface area contributed by atoms with Crippen LogP contribution in [0.25, 0.3) is 0 Å². The maximum atomic E-state index is 13.1. The van der Waals surface area contributed by atoms with Gasteiger partial charge in [0.05, 0.1) is 10.8 Å². The molecule has 22 heavy (non-hydrogen) atoms. The van der Waals surface area contributed by atoms with Crippen LogP contribution in [-0.2, 0) is 15.3 Å². The first-order chi connectivity index (χ1) is 10.5. The van der Waals surface area contributed by atoms with Crippen molar-refractivity contribution < 1.29 is 14.0 Å². The lowest BCUT2D eigenvalue weighted by Crippen LogP contribution is -2.50. The van der Waals surface area contributed by atoms with Crippen molar-refractivity contribution in [3.8, 4) is 0 Å². The van der Waals surface area contributed by atoms with Gasteiger partial charge in [-0.3, -0.25) is 9.59 Å². The molecule has 1 aromatic rings. The Balaban J connectivity index is 1.74. The second kappa shape index (κ2) is 7.83. The van der Waals surface area contributed by atoms with Crippen LogP contribution >= 0.6 is 23.4 Å². The fraction of sp³-hybridized carbons (Fsp3) is 0.467. The molecule has 1 aliphatic heterocycles. The van der Waals surface area contributed by atoms with Crippen LogP contribution in [-0.4, -0.2) is 53.5 Å². The molecule has 0 radical (unpaired) electrons. The summed E-state index contributed by atoms with van der Waals surface area (Å²) < 4.78 is 13.1. The van der Waals surface area contributed by atoms with Crippen molar-refractivity contribution in [1.82, 2.24) is 9.80 Å². The summed E-state index contributed by atoms with van der Waals surface area (Å²) in [7, 11) is 0. The third-order valence-electron chi connectivity index (χ3n) is 3.56. The molecular weight excluding hydrogens is 327 g/mol. The molecule has 0 unspecified atom stereocenters.